The first-order chi connectivity index (χ1) is 18.7. The van der Waals surface area contributed by atoms with Crippen molar-refractivity contribution in [2.75, 3.05) is 19.8 Å². The molecule has 6 nitrogen and oxygen atoms in total. The SMILES string of the molecule is O=C(c1cccc2cnccc12)C1CC2COCC(C1)N2C(=O)OCC1c2ccccc2-c2ccccc21. The van der Waals surface area contributed by atoms with Gasteiger partial charge in [-0.25, -0.2) is 4.79 Å². The molecular weight excluding hydrogens is 476 g/mol. The lowest BCUT2D eigenvalue weighted by atomic mass is 9.80. The highest BCUT2D eigenvalue weighted by atomic mass is 16.6. The first-order valence-electron chi connectivity index (χ1n) is 13.3. The number of nitrogens with zero attached hydrogens (tertiary/aromatic N) is 2. The smallest absolute Gasteiger partial charge is 0.410 e. The number of piperidine rings is 1. The van der Waals surface area contributed by atoms with Crippen LogP contribution in [-0.2, 0) is 9.47 Å². The summed E-state index contributed by atoms with van der Waals surface area (Å²) in [4.78, 5) is 33.2. The number of rotatable bonds is 4. The minimum Gasteiger partial charge on any atom is -0.448 e. The van der Waals surface area contributed by atoms with Crippen LogP contribution in [-0.4, -0.2) is 53.7 Å². The van der Waals surface area contributed by atoms with Crippen LogP contribution in [0.2, 0.25) is 0 Å². The average molecular weight is 505 g/mol. The Labute approximate surface area is 221 Å². The predicted octanol–water partition coefficient (Wildman–Crippen LogP) is 5.85. The van der Waals surface area contributed by atoms with Crippen molar-refractivity contribution in [1.29, 1.82) is 0 Å². The van der Waals surface area contributed by atoms with Crippen molar-refractivity contribution in [3.8, 4) is 11.1 Å². The Bertz CT molecular complexity index is 1480. The predicted molar refractivity (Wildman–Crippen MR) is 144 cm³/mol. The van der Waals surface area contributed by atoms with Crippen LogP contribution in [0.3, 0.4) is 0 Å². The van der Waals surface area contributed by atoms with Gasteiger partial charge in [0.15, 0.2) is 5.78 Å². The largest absolute Gasteiger partial charge is 0.448 e. The normalized spacial score (nSPS) is 22.1. The number of hydrogen-bond acceptors (Lipinski definition) is 5. The fourth-order valence-corrected chi connectivity index (χ4v) is 6.65. The van der Waals surface area contributed by atoms with Gasteiger partial charge in [0, 0.05) is 35.2 Å². The summed E-state index contributed by atoms with van der Waals surface area (Å²) >= 11 is 0. The molecule has 2 unspecified atom stereocenters. The van der Waals surface area contributed by atoms with Gasteiger partial charge in [0.2, 0.25) is 0 Å². The number of morpholine rings is 1. The van der Waals surface area contributed by atoms with E-state index in [-0.39, 0.29) is 42.4 Å². The number of benzene rings is 3. The summed E-state index contributed by atoms with van der Waals surface area (Å²) in [5, 5.41) is 1.88. The molecule has 1 aliphatic carbocycles. The molecule has 3 aliphatic rings. The van der Waals surface area contributed by atoms with E-state index in [1.54, 1.807) is 12.4 Å². The van der Waals surface area contributed by atoms with E-state index in [0.717, 1.165) is 16.3 Å². The van der Waals surface area contributed by atoms with Gasteiger partial charge in [-0.15, -0.1) is 0 Å². The summed E-state index contributed by atoms with van der Waals surface area (Å²) in [6, 6.07) is 24.0. The van der Waals surface area contributed by atoms with Gasteiger partial charge < -0.3 is 9.47 Å². The lowest BCUT2D eigenvalue weighted by molar-refractivity contribution is -0.0747. The summed E-state index contributed by atoms with van der Waals surface area (Å²) in [7, 11) is 0. The quantitative estimate of drug-likeness (QED) is 0.326. The molecule has 0 radical (unpaired) electrons. The second-order valence-electron chi connectivity index (χ2n) is 10.5. The maximum absolute atomic E-state index is 13.7. The maximum atomic E-state index is 13.7. The van der Waals surface area contributed by atoms with Crippen LogP contribution in [0.4, 0.5) is 4.79 Å². The Morgan fingerprint density at radius 1 is 0.868 bits per heavy atom. The molecule has 2 atom stereocenters. The van der Waals surface area contributed by atoms with Gasteiger partial charge in [-0.3, -0.25) is 14.7 Å². The highest BCUT2D eigenvalue weighted by molar-refractivity contribution is 6.09. The number of ketones is 1. The van der Waals surface area contributed by atoms with Gasteiger partial charge in [0.05, 0.1) is 25.3 Å². The summed E-state index contributed by atoms with van der Waals surface area (Å²) in [5.74, 6) is -0.0152. The van der Waals surface area contributed by atoms with Crippen molar-refractivity contribution in [2.24, 2.45) is 5.92 Å². The van der Waals surface area contributed by atoms with E-state index in [9.17, 15) is 9.59 Å². The summed E-state index contributed by atoms with van der Waals surface area (Å²) in [5.41, 5.74) is 5.53. The van der Waals surface area contributed by atoms with Crippen molar-refractivity contribution in [1.82, 2.24) is 9.88 Å². The fourth-order valence-electron chi connectivity index (χ4n) is 6.65. The molecule has 3 heterocycles. The number of ether oxygens (including phenoxy) is 2. The van der Waals surface area contributed by atoms with Crippen LogP contribution in [0.5, 0.6) is 0 Å². The van der Waals surface area contributed by atoms with Crippen molar-refractivity contribution in [3.63, 3.8) is 0 Å². The van der Waals surface area contributed by atoms with E-state index in [2.05, 4.69) is 29.2 Å². The zero-order valence-corrected chi connectivity index (χ0v) is 21.0. The topological polar surface area (TPSA) is 68.7 Å². The molecule has 2 saturated heterocycles. The minimum absolute atomic E-state index is 0.0161. The van der Waals surface area contributed by atoms with Gasteiger partial charge in [-0.2, -0.15) is 0 Å². The van der Waals surface area contributed by atoms with Crippen molar-refractivity contribution in [3.05, 3.63) is 102 Å². The highest BCUT2D eigenvalue weighted by Gasteiger charge is 2.45. The van der Waals surface area contributed by atoms with E-state index in [4.69, 9.17) is 9.47 Å². The molecule has 2 fully saturated rings. The fraction of sp³-hybridized carbons (Fsp3) is 0.281. The number of carbonyl (C=O) groups is 2. The summed E-state index contributed by atoms with van der Waals surface area (Å²) in [6.45, 7) is 1.13. The Kier molecular flexibility index (Phi) is 5.70. The summed E-state index contributed by atoms with van der Waals surface area (Å²) < 4.78 is 11.8. The molecule has 1 aromatic heterocycles. The zero-order chi connectivity index (χ0) is 25.6. The van der Waals surface area contributed by atoms with Gasteiger partial charge in [0.25, 0.3) is 0 Å². The van der Waals surface area contributed by atoms with Crippen LogP contribution in [0, 0.1) is 5.92 Å². The lowest BCUT2D eigenvalue weighted by Gasteiger charge is -2.47. The monoisotopic (exact) mass is 504 g/mol. The number of amides is 1. The Morgan fingerprint density at radius 2 is 1.55 bits per heavy atom. The minimum atomic E-state index is -0.313. The first-order valence-corrected chi connectivity index (χ1v) is 13.3. The standard InChI is InChI=1S/C32H28N2O4/c35-31(29-11-5-6-20-16-33-13-12-24(20)29)21-14-22-17-37-18-23(15-21)34(22)32(36)38-19-30-27-9-3-1-7-25(27)26-8-2-4-10-28(26)30/h1-13,16,21-23,30H,14-15,17-19H2. The molecule has 0 spiro atoms. The number of aromatic nitrogens is 1. The van der Waals surface area contributed by atoms with Gasteiger partial charge in [0.1, 0.15) is 6.61 Å². The van der Waals surface area contributed by atoms with Crippen LogP contribution < -0.4 is 0 Å². The first kappa shape index (κ1) is 23.1. The second kappa shape index (κ2) is 9.37. The Balaban J connectivity index is 1.08. The molecular formula is C32H28N2O4. The third kappa shape index (κ3) is 3.79. The van der Waals surface area contributed by atoms with E-state index in [1.807, 2.05) is 53.4 Å². The second-order valence-corrected chi connectivity index (χ2v) is 10.5. The summed E-state index contributed by atoms with van der Waals surface area (Å²) in [6.07, 6.45) is 4.34. The van der Waals surface area contributed by atoms with Gasteiger partial charge >= 0.3 is 6.09 Å². The van der Waals surface area contributed by atoms with Gasteiger partial charge in [-0.1, -0.05) is 66.7 Å². The van der Waals surface area contributed by atoms with Crippen molar-refractivity contribution >= 4 is 22.6 Å². The van der Waals surface area contributed by atoms with E-state index in [1.165, 1.54) is 22.3 Å². The third-order valence-electron chi connectivity index (χ3n) is 8.38. The third-order valence-corrected chi connectivity index (χ3v) is 8.38. The lowest BCUT2D eigenvalue weighted by Crippen LogP contribution is -2.60. The molecule has 0 N–H and O–H groups in total. The zero-order valence-electron chi connectivity index (χ0n) is 21.0. The molecule has 0 saturated carbocycles. The molecule has 1 amide bonds. The maximum Gasteiger partial charge on any atom is 0.410 e. The van der Waals surface area contributed by atoms with Crippen LogP contribution in [0.1, 0.15) is 40.2 Å². The molecule has 190 valence electrons. The molecule has 2 bridgehead atoms. The average Bonchev–Trinajstić information content (AvgIpc) is 3.28. The van der Waals surface area contributed by atoms with Crippen LogP contribution in [0.25, 0.3) is 21.9 Å². The molecule has 3 aromatic carbocycles. The molecule has 38 heavy (non-hydrogen) atoms. The van der Waals surface area contributed by atoms with E-state index < -0.39 is 0 Å². The van der Waals surface area contributed by atoms with Crippen LogP contribution >= 0.6 is 0 Å². The number of carbonyl (C=O) groups excluding carboxylic acids is 2. The molecule has 2 aliphatic heterocycles. The highest BCUT2D eigenvalue weighted by Crippen LogP contribution is 2.45. The number of Topliss-reactive ketones (excluding diaryl/α,β-unsaturated/α-hetero) is 1. The molecule has 6 heteroatoms. The van der Waals surface area contributed by atoms with Crippen LogP contribution in [0.15, 0.2) is 85.2 Å². The Morgan fingerprint density at radius 3 is 2.26 bits per heavy atom. The molecule has 7 rings (SSSR count). The Hall–Kier alpha value is -4.03. The number of pyridine rings is 1. The van der Waals surface area contributed by atoms with E-state index in [0.29, 0.717) is 26.1 Å². The van der Waals surface area contributed by atoms with Gasteiger partial charge in [-0.05, 0) is 46.5 Å². The van der Waals surface area contributed by atoms with Crippen molar-refractivity contribution < 1.29 is 19.1 Å². The van der Waals surface area contributed by atoms with E-state index >= 15 is 0 Å². The molecule has 4 aromatic rings. The van der Waals surface area contributed by atoms with Crippen molar-refractivity contribution in [2.45, 2.75) is 30.8 Å². The number of fused-ring (bicyclic) bond motifs is 6. The number of hydrogen-bond donors (Lipinski definition) is 0.